The normalized spacial score (nSPS) is 18.0. The summed E-state index contributed by atoms with van der Waals surface area (Å²) in [6, 6.07) is 8.59. The Kier molecular flexibility index (Phi) is 4.58. The van der Waals surface area contributed by atoms with Crippen LogP contribution in [0.4, 0.5) is 5.95 Å². The quantitative estimate of drug-likeness (QED) is 0.706. The average Bonchev–Trinajstić information content (AvgIpc) is 3.22. The van der Waals surface area contributed by atoms with Gasteiger partial charge in [0.2, 0.25) is 5.95 Å². The topological polar surface area (TPSA) is 84.9 Å². The average molecular weight is 337 g/mol. The summed E-state index contributed by atoms with van der Waals surface area (Å²) < 4.78 is 2.19. The third-order valence-corrected chi connectivity index (χ3v) is 4.64. The number of rotatable bonds is 6. The highest BCUT2D eigenvalue weighted by Crippen LogP contribution is 2.23. The van der Waals surface area contributed by atoms with Gasteiger partial charge in [0, 0.05) is 44.6 Å². The molecule has 4 rings (SSSR count). The van der Waals surface area contributed by atoms with Crippen LogP contribution < -0.4 is 11.1 Å². The monoisotopic (exact) mass is 337 g/mol. The van der Waals surface area contributed by atoms with Crippen LogP contribution in [0.2, 0.25) is 0 Å². The molecule has 1 aliphatic heterocycles. The third-order valence-electron chi connectivity index (χ3n) is 4.64. The fourth-order valence-corrected chi connectivity index (χ4v) is 3.44. The van der Waals surface area contributed by atoms with Gasteiger partial charge in [0.05, 0.1) is 29.5 Å². The Bertz CT molecular complexity index is 830. The second-order valence-corrected chi connectivity index (χ2v) is 6.43. The number of nitrogens with zero attached hydrogens (tertiary/aromatic N) is 5. The van der Waals surface area contributed by atoms with E-state index < -0.39 is 0 Å². The highest BCUT2D eigenvalue weighted by Gasteiger charge is 2.23. The van der Waals surface area contributed by atoms with Crippen molar-refractivity contribution in [2.75, 3.05) is 31.5 Å². The minimum atomic E-state index is 0.393. The zero-order valence-electron chi connectivity index (χ0n) is 14.2. The first kappa shape index (κ1) is 16.0. The van der Waals surface area contributed by atoms with Gasteiger partial charge in [-0.3, -0.25) is 14.9 Å². The molecule has 1 aromatic carbocycles. The van der Waals surface area contributed by atoms with Gasteiger partial charge in [-0.15, -0.1) is 0 Å². The molecular weight excluding hydrogens is 314 g/mol. The van der Waals surface area contributed by atoms with Gasteiger partial charge in [0.15, 0.2) is 0 Å². The largest absolute Gasteiger partial charge is 0.352 e. The number of nitrogens with one attached hydrogen (secondary N) is 1. The van der Waals surface area contributed by atoms with Crippen LogP contribution in [0.15, 0.2) is 42.9 Å². The van der Waals surface area contributed by atoms with Crippen molar-refractivity contribution in [3.8, 4) is 0 Å². The summed E-state index contributed by atoms with van der Waals surface area (Å²) in [5, 5.41) is 3.63. The molecule has 1 saturated heterocycles. The van der Waals surface area contributed by atoms with E-state index in [2.05, 4.69) is 30.8 Å². The van der Waals surface area contributed by atoms with Crippen LogP contribution in [-0.2, 0) is 6.54 Å². The minimum absolute atomic E-state index is 0.393. The lowest BCUT2D eigenvalue weighted by molar-refractivity contribution is 0.346. The Morgan fingerprint density at radius 1 is 1.24 bits per heavy atom. The highest BCUT2D eigenvalue weighted by atomic mass is 15.3. The van der Waals surface area contributed by atoms with Crippen molar-refractivity contribution >= 4 is 17.0 Å². The number of likely N-dealkylation sites (tertiary alicyclic amines) is 1. The maximum atomic E-state index is 5.68. The standard InChI is InChI=1S/C18H23N7/c19-6-10-24-9-5-14(12-24)22-18-23-16-3-1-2-4-17(16)25(18)13-15-11-20-7-8-21-15/h1-4,7-8,11,14H,5-6,9-10,12-13,19H2,(H,22,23). The molecule has 3 heterocycles. The van der Waals surface area contributed by atoms with Crippen molar-refractivity contribution in [2.24, 2.45) is 5.73 Å². The van der Waals surface area contributed by atoms with Gasteiger partial charge >= 0.3 is 0 Å². The zero-order valence-corrected chi connectivity index (χ0v) is 14.2. The van der Waals surface area contributed by atoms with E-state index >= 15 is 0 Å². The van der Waals surface area contributed by atoms with Crippen LogP contribution in [0, 0.1) is 0 Å². The van der Waals surface area contributed by atoms with Crippen LogP contribution in [0.5, 0.6) is 0 Å². The second kappa shape index (κ2) is 7.16. The van der Waals surface area contributed by atoms with E-state index in [9.17, 15) is 0 Å². The molecule has 7 heteroatoms. The van der Waals surface area contributed by atoms with E-state index in [1.54, 1.807) is 18.6 Å². The molecule has 0 amide bonds. The third kappa shape index (κ3) is 3.47. The molecule has 0 radical (unpaired) electrons. The molecule has 0 aliphatic carbocycles. The Morgan fingerprint density at radius 3 is 3.00 bits per heavy atom. The van der Waals surface area contributed by atoms with Crippen molar-refractivity contribution in [2.45, 2.75) is 19.0 Å². The van der Waals surface area contributed by atoms with E-state index in [4.69, 9.17) is 10.7 Å². The predicted octanol–water partition coefficient (Wildman–Crippen LogP) is 1.32. The molecule has 7 nitrogen and oxygen atoms in total. The van der Waals surface area contributed by atoms with Crippen molar-refractivity contribution in [3.63, 3.8) is 0 Å². The lowest BCUT2D eigenvalue weighted by Crippen LogP contribution is -2.30. The van der Waals surface area contributed by atoms with Gasteiger partial charge in [-0.25, -0.2) is 4.98 Å². The Morgan fingerprint density at radius 2 is 2.16 bits per heavy atom. The smallest absolute Gasteiger partial charge is 0.204 e. The lowest BCUT2D eigenvalue weighted by atomic mass is 10.3. The van der Waals surface area contributed by atoms with Crippen LogP contribution in [-0.4, -0.2) is 56.6 Å². The maximum absolute atomic E-state index is 5.68. The minimum Gasteiger partial charge on any atom is -0.352 e. The van der Waals surface area contributed by atoms with Gasteiger partial charge in [0.1, 0.15) is 0 Å². The van der Waals surface area contributed by atoms with Crippen LogP contribution >= 0.6 is 0 Å². The first-order valence-electron chi connectivity index (χ1n) is 8.72. The Hall–Kier alpha value is -2.51. The number of aromatic nitrogens is 4. The number of benzene rings is 1. The second-order valence-electron chi connectivity index (χ2n) is 6.43. The van der Waals surface area contributed by atoms with Crippen LogP contribution in [0.25, 0.3) is 11.0 Å². The molecule has 0 bridgehead atoms. The summed E-state index contributed by atoms with van der Waals surface area (Å²) in [7, 11) is 0. The van der Waals surface area contributed by atoms with Crippen molar-refractivity contribution < 1.29 is 0 Å². The Balaban J connectivity index is 1.60. The first-order valence-corrected chi connectivity index (χ1v) is 8.72. The molecule has 25 heavy (non-hydrogen) atoms. The van der Waals surface area contributed by atoms with Crippen molar-refractivity contribution in [3.05, 3.63) is 48.5 Å². The summed E-state index contributed by atoms with van der Waals surface area (Å²) in [5.41, 5.74) is 8.69. The Labute approximate surface area is 146 Å². The summed E-state index contributed by atoms with van der Waals surface area (Å²) in [5.74, 6) is 0.895. The van der Waals surface area contributed by atoms with E-state index in [0.29, 0.717) is 19.1 Å². The van der Waals surface area contributed by atoms with Crippen LogP contribution in [0.1, 0.15) is 12.1 Å². The summed E-state index contributed by atoms with van der Waals surface area (Å²) in [6.45, 7) is 4.40. The van der Waals surface area contributed by atoms with Gasteiger partial charge in [-0.2, -0.15) is 0 Å². The number of hydrogen-bond donors (Lipinski definition) is 2. The fraction of sp³-hybridized carbons (Fsp3) is 0.389. The lowest BCUT2D eigenvalue weighted by Gasteiger charge is -2.17. The molecular formula is C18H23N7. The maximum Gasteiger partial charge on any atom is 0.204 e. The summed E-state index contributed by atoms with van der Waals surface area (Å²) in [4.78, 5) is 15.8. The van der Waals surface area contributed by atoms with E-state index in [1.807, 2.05) is 18.2 Å². The van der Waals surface area contributed by atoms with Crippen LogP contribution in [0.3, 0.4) is 0 Å². The van der Waals surface area contributed by atoms with Gasteiger partial charge in [0.25, 0.3) is 0 Å². The van der Waals surface area contributed by atoms with Gasteiger partial charge in [-0.05, 0) is 18.6 Å². The number of fused-ring (bicyclic) bond motifs is 1. The molecule has 130 valence electrons. The zero-order chi connectivity index (χ0) is 17.1. The molecule has 1 atom stereocenters. The predicted molar refractivity (Wildman–Crippen MR) is 98.4 cm³/mol. The van der Waals surface area contributed by atoms with Crippen molar-refractivity contribution in [1.29, 1.82) is 0 Å². The number of nitrogens with two attached hydrogens (primary N) is 1. The molecule has 1 aliphatic rings. The van der Waals surface area contributed by atoms with Crippen molar-refractivity contribution in [1.82, 2.24) is 24.4 Å². The number of para-hydroxylation sites is 2. The summed E-state index contributed by atoms with van der Waals surface area (Å²) >= 11 is 0. The first-order chi connectivity index (χ1) is 12.3. The molecule has 0 saturated carbocycles. The van der Waals surface area contributed by atoms with E-state index in [-0.39, 0.29) is 0 Å². The SMILES string of the molecule is NCCN1CCC(Nc2nc3ccccc3n2Cc2cnccn2)C1. The molecule has 2 aromatic heterocycles. The molecule has 3 N–H and O–H groups in total. The number of hydrogen-bond acceptors (Lipinski definition) is 6. The van der Waals surface area contributed by atoms with Gasteiger partial charge in [-0.1, -0.05) is 12.1 Å². The molecule has 0 spiro atoms. The van der Waals surface area contributed by atoms with E-state index in [1.165, 1.54) is 0 Å². The fourth-order valence-electron chi connectivity index (χ4n) is 3.44. The number of anilines is 1. The molecule has 3 aromatic rings. The molecule has 1 fully saturated rings. The highest BCUT2D eigenvalue weighted by molar-refractivity contribution is 5.78. The molecule has 1 unspecified atom stereocenters. The summed E-state index contributed by atoms with van der Waals surface area (Å²) in [6.07, 6.45) is 6.33. The van der Waals surface area contributed by atoms with E-state index in [0.717, 1.165) is 48.7 Å². The number of imidazole rings is 1. The van der Waals surface area contributed by atoms with Gasteiger partial charge < -0.3 is 15.6 Å².